The maximum absolute atomic E-state index is 14.9. The van der Waals surface area contributed by atoms with Crippen molar-refractivity contribution < 1.29 is 19.4 Å². The van der Waals surface area contributed by atoms with Crippen LogP contribution < -0.4 is 10.9 Å². The number of carbonyl (C=O) groups is 2. The van der Waals surface area contributed by atoms with Gasteiger partial charge < -0.3 is 25.0 Å². The lowest BCUT2D eigenvalue weighted by molar-refractivity contribution is -0.144. The number of likely N-dealkylation sites (tertiary alicyclic amines) is 2. The Hall–Kier alpha value is -5.24. The van der Waals surface area contributed by atoms with Gasteiger partial charge in [-0.25, -0.2) is 14.6 Å². The largest absolute Gasteiger partial charge is 0.391 e. The van der Waals surface area contributed by atoms with E-state index in [9.17, 15) is 19.5 Å². The van der Waals surface area contributed by atoms with E-state index in [1.54, 1.807) is 20.9 Å². The van der Waals surface area contributed by atoms with Gasteiger partial charge in [-0.05, 0) is 128 Å². The number of morpholine rings is 1. The zero-order valence-electron chi connectivity index (χ0n) is 45.6. The van der Waals surface area contributed by atoms with Crippen molar-refractivity contribution in [2.24, 2.45) is 11.3 Å². The quantitative estimate of drug-likeness (QED) is 0.119. The molecular formula is C60H74BrN11O5S. The molecule has 0 unspecified atom stereocenters. The van der Waals surface area contributed by atoms with E-state index in [0.717, 1.165) is 152 Å². The number of ether oxygens (including phenoxy) is 1. The van der Waals surface area contributed by atoms with Gasteiger partial charge >= 0.3 is 0 Å². The fraction of sp³-hybridized carbons (Fsp3) is 0.567. The Morgan fingerprint density at radius 1 is 0.897 bits per heavy atom. The first-order chi connectivity index (χ1) is 37.7. The van der Waals surface area contributed by atoms with Crippen LogP contribution in [0.2, 0.25) is 0 Å². The minimum Gasteiger partial charge on any atom is -0.391 e. The third kappa shape index (κ3) is 10.3. The molecule has 2 saturated carbocycles. The number of thiazole rings is 1. The molecule has 5 fully saturated rings. The number of aryl methyl sites for hydroxylation is 1. The second kappa shape index (κ2) is 22.0. The first-order valence-corrected chi connectivity index (χ1v) is 30.4. The van der Waals surface area contributed by atoms with Gasteiger partial charge in [-0.15, -0.1) is 16.4 Å². The van der Waals surface area contributed by atoms with Gasteiger partial charge in [0, 0.05) is 72.9 Å². The van der Waals surface area contributed by atoms with Crippen LogP contribution in [0.25, 0.3) is 27.2 Å². The number of rotatable bonds is 12. The van der Waals surface area contributed by atoms with E-state index in [1.807, 2.05) is 57.6 Å². The summed E-state index contributed by atoms with van der Waals surface area (Å²) >= 11 is 5.27. The molecule has 2 aliphatic carbocycles. The molecule has 2 aromatic carbocycles. The molecular weight excluding hydrogens is 1070 g/mol. The van der Waals surface area contributed by atoms with E-state index in [-0.39, 0.29) is 47.7 Å². The Balaban J connectivity index is 0.676. The van der Waals surface area contributed by atoms with Gasteiger partial charge in [0.15, 0.2) is 0 Å². The predicted molar refractivity (Wildman–Crippen MR) is 305 cm³/mol. The minimum absolute atomic E-state index is 0.0719. The number of piperidine rings is 1. The van der Waals surface area contributed by atoms with Crippen LogP contribution in [0.4, 0.5) is 0 Å². The number of β-amino-alcohol motifs (C(OH)–C–C–N with tert-alkyl or cyclic N) is 1. The summed E-state index contributed by atoms with van der Waals surface area (Å²) in [6.45, 7) is 14.7. The molecule has 16 nitrogen and oxygen atoms in total. The highest BCUT2D eigenvalue weighted by atomic mass is 79.9. The van der Waals surface area contributed by atoms with Gasteiger partial charge in [-0.2, -0.15) is 4.98 Å². The van der Waals surface area contributed by atoms with Crippen LogP contribution in [0, 0.1) is 18.3 Å². The van der Waals surface area contributed by atoms with Crippen LogP contribution in [-0.2, 0) is 19.7 Å². The molecule has 2 N–H and O–H groups in total. The lowest BCUT2D eigenvalue weighted by Crippen LogP contribution is -2.52. The third-order valence-electron chi connectivity index (χ3n) is 18.3. The first kappa shape index (κ1) is 53.4. The summed E-state index contributed by atoms with van der Waals surface area (Å²) in [5, 5.41) is 24.4. The number of aliphatic hydroxyl groups excluding tert-OH is 1. The van der Waals surface area contributed by atoms with Crippen molar-refractivity contribution in [1.82, 2.24) is 54.5 Å². The van der Waals surface area contributed by atoms with E-state index in [1.165, 1.54) is 12.0 Å². The number of amides is 2. The number of fused-ring (bicyclic) bond motifs is 7. The average Bonchev–Trinajstić information content (AvgIpc) is 4.23. The molecule has 412 valence electrons. The second-order valence-electron chi connectivity index (χ2n) is 24.4. The summed E-state index contributed by atoms with van der Waals surface area (Å²) in [6.07, 6.45) is 13.1. The van der Waals surface area contributed by atoms with Crippen LogP contribution >= 0.6 is 27.3 Å². The fourth-order valence-electron chi connectivity index (χ4n) is 14.1. The number of benzene rings is 2. The maximum atomic E-state index is 14.9. The highest BCUT2D eigenvalue weighted by Gasteiger charge is 2.49. The Labute approximate surface area is 469 Å². The molecule has 0 bridgehead atoms. The van der Waals surface area contributed by atoms with Crippen molar-refractivity contribution in [2.45, 2.75) is 146 Å². The van der Waals surface area contributed by atoms with Crippen LogP contribution in [0.3, 0.4) is 0 Å². The standard InChI is InChI=1S/C60H74BrN11O5S/c1-37-52(78-36-62-37)42-17-15-39(16-18-42)47(34-69-27-29-77-30-28-69)64-55(74)50-31-43(73)33-70(50)57(76)53(59(2,3)4)71-35-48(66-67-71)40-13-11-38(12-14-40)32-68-25-21-41(22-26-68)46-20-19-44-54(63-46)72-49-10-8-9-45(61)51(49)56(75)65-58(72)60(44)23-6-5-7-24-60/h8-10,15-20,35-36,38,40-41,43,47,50,53,73H,5-7,11-14,21-34H2,1-4H3,(H,64,74)/t38?,40?,43-,47+,50+,53-/m1/s1. The van der Waals surface area contributed by atoms with Crippen molar-refractivity contribution in [2.75, 3.05) is 59.0 Å². The minimum atomic E-state index is -0.841. The Kier molecular flexibility index (Phi) is 15.1. The number of pyridine rings is 1. The highest BCUT2D eigenvalue weighted by Crippen LogP contribution is 2.52. The molecule has 0 radical (unpaired) electrons. The fourth-order valence-corrected chi connectivity index (χ4v) is 15.5. The number of nitrogens with one attached hydrogen (secondary N) is 1. The van der Waals surface area contributed by atoms with E-state index in [2.05, 4.69) is 82.2 Å². The summed E-state index contributed by atoms with van der Waals surface area (Å²) in [7, 11) is 0. The predicted octanol–water partition coefficient (Wildman–Crippen LogP) is 9.02. The van der Waals surface area contributed by atoms with Crippen LogP contribution in [0.15, 0.2) is 75.6 Å². The zero-order valence-corrected chi connectivity index (χ0v) is 48.0. The van der Waals surface area contributed by atoms with Gasteiger partial charge in [-0.1, -0.05) is 81.6 Å². The van der Waals surface area contributed by atoms with Crippen molar-refractivity contribution in [3.8, 4) is 16.3 Å². The summed E-state index contributed by atoms with van der Waals surface area (Å²) in [6, 6.07) is 17.0. The molecule has 6 aromatic rings. The smallest absolute Gasteiger partial charge is 0.281 e. The molecule has 4 aliphatic heterocycles. The topological polar surface area (TPSA) is 177 Å². The normalized spacial score (nSPS) is 23.8. The number of halogens is 1. The van der Waals surface area contributed by atoms with E-state index in [4.69, 9.17) is 19.8 Å². The van der Waals surface area contributed by atoms with Gasteiger partial charge in [0.25, 0.3) is 5.56 Å². The molecule has 12 rings (SSSR count). The summed E-state index contributed by atoms with van der Waals surface area (Å²) in [5.74, 6) is 2.55. The number of nitrogens with zero attached hydrogens (tertiary/aromatic N) is 10. The third-order valence-corrected chi connectivity index (χ3v) is 19.9. The number of aliphatic hydroxyl groups is 1. The maximum Gasteiger partial charge on any atom is 0.281 e. The molecule has 1 spiro atoms. The van der Waals surface area contributed by atoms with E-state index < -0.39 is 23.6 Å². The molecule has 78 heavy (non-hydrogen) atoms. The number of aromatic nitrogens is 7. The average molecular weight is 1140 g/mol. The summed E-state index contributed by atoms with van der Waals surface area (Å²) in [4.78, 5) is 65.4. The monoisotopic (exact) mass is 1140 g/mol. The van der Waals surface area contributed by atoms with Gasteiger partial charge in [-0.3, -0.25) is 23.9 Å². The lowest BCUT2D eigenvalue weighted by Gasteiger charge is -2.36. The Morgan fingerprint density at radius 3 is 2.36 bits per heavy atom. The molecule has 3 saturated heterocycles. The van der Waals surface area contributed by atoms with Crippen molar-refractivity contribution in [1.29, 1.82) is 0 Å². The van der Waals surface area contributed by atoms with E-state index in [0.29, 0.717) is 37.0 Å². The molecule has 8 heterocycles. The van der Waals surface area contributed by atoms with Gasteiger partial charge in [0.05, 0.1) is 63.5 Å². The number of carbonyl (C=O) groups excluding carboxylic acids is 2. The first-order valence-electron chi connectivity index (χ1n) is 28.7. The Morgan fingerprint density at radius 2 is 1.64 bits per heavy atom. The van der Waals surface area contributed by atoms with Crippen molar-refractivity contribution in [3.63, 3.8) is 0 Å². The van der Waals surface area contributed by atoms with Crippen LogP contribution in [-0.4, -0.2) is 137 Å². The van der Waals surface area contributed by atoms with Crippen molar-refractivity contribution >= 4 is 50.0 Å². The molecule has 18 heteroatoms. The van der Waals surface area contributed by atoms with Crippen LogP contribution in [0.5, 0.6) is 0 Å². The van der Waals surface area contributed by atoms with Crippen molar-refractivity contribution in [3.05, 3.63) is 115 Å². The molecule has 6 aliphatic rings. The second-order valence-corrected chi connectivity index (χ2v) is 26.1. The molecule has 4 atom stereocenters. The van der Waals surface area contributed by atoms with Gasteiger partial charge in [0.1, 0.15) is 23.7 Å². The highest BCUT2D eigenvalue weighted by molar-refractivity contribution is 9.10. The van der Waals surface area contributed by atoms with Crippen LogP contribution in [0.1, 0.15) is 156 Å². The molecule has 4 aromatic heterocycles. The van der Waals surface area contributed by atoms with E-state index >= 15 is 0 Å². The van der Waals surface area contributed by atoms with Gasteiger partial charge in [0.2, 0.25) is 11.8 Å². The Bertz CT molecular complexity index is 3220. The lowest BCUT2D eigenvalue weighted by atomic mass is 9.70. The molecule has 2 amide bonds. The number of hydrogen-bond donors (Lipinski definition) is 2. The summed E-state index contributed by atoms with van der Waals surface area (Å²) in [5.41, 5.74) is 8.07. The zero-order chi connectivity index (χ0) is 53.9. The number of hydrogen-bond acceptors (Lipinski definition) is 13. The SMILES string of the molecule is Cc1ncsc1-c1ccc([C@H](CN2CCOCC2)NC(=O)[C@@H]2C[C@@H](O)CN2C(=O)[C@@H](n2cc(C3CCC(CN4CCC(c5ccc6c(n5)-n5c(nc(=O)c7c(Br)cccc75)C65CCCCC5)CC4)CC3)nn2)C(C)(C)C)cc1. The summed E-state index contributed by atoms with van der Waals surface area (Å²) < 4.78 is 10.4.